The molecule has 0 saturated carbocycles. The van der Waals surface area contributed by atoms with Gasteiger partial charge in [-0.2, -0.15) is 0 Å². The Kier molecular flexibility index (Phi) is 5.56. The number of carbonyl (C=O) groups is 3. The fourth-order valence-electron chi connectivity index (χ4n) is 4.19. The van der Waals surface area contributed by atoms with Gasteiger partial charge in [-0.1, -0.05) is 72.8 Å². The molecule has 148 valence electrons. The number of nitrogens with one attached hydrogen (secondary N) is 1. The Labute approximate surface area is 170 Å². The van der Waals surface area contributed by atoms with Crippen LogP contribution in [0.1, 0.15) is 36.4 Å². The zero-order valence-corrected chi connectivity index (χ0v) is 16.2. The van der Waals surface area contributed by atoms with Crippen molar-refractivity contribution >= 4 is 17.7 Å². The molecule has 1 saturated heterocycles. The number of rotatable bonds is 6. The van der Waals surface area contributed by atoms with E-state index in [4.69, 9.17) is 0 Å². The number of amides is 3. The maximum atomic E-state index is 12.7. The van der Waals surface area contributed by atoms with Gasteiger partial charge in [-0.25, -0.2) is 0 Å². The minimum absolute atomic E-state index is 0.0977. The van der Waals surface area contributed by atoms with Gasteiger partial charge in [0, 0.05) is 13.0 Å². The number of fused-ring (bicyclic) bond motifs is 1. The summed E-state index contributed by atoms with van der Waals surface area (Å²) >= 11 is 0. The quantitative estimate of drug-likeness (QED) is 0.610. The SMILES string of the molecule is O=C(CCN1C(=O)C2CC=CCC2C1=O)NC(c1ccccc1)c1ccccc1. The topological polar surface area (TPSA) is 66.5 Å². The second-order valence-corrected chi connectivity index (χ2v) is 7.56. The van der Waals surface area contributed by atoms with E-state index in [1.165, 1.54) is 4.90 Å². The van der Waals surface area contributed by atoms with E-state index >= 15 is 0 Å². The number of imide groups is 1. The second-order valence-electron chi connectivity index (χ2n) is 7.56. The van der Waals surface area contributed by atoms with Crippen LogP contribution in [0.4, 0.5) is 0 Å². The summed E-state index contributed by atoms with van der Waals surface area (Å²) in [4.78, 5) is 39.1. The van der Waals surface area contributed by atoms with Crippen LogP contribution in [0.3, 0.4) is 0 Å². The molecular weight excluding hydrogens is 364 g/mol. The first kappa shape index (κ1) is 19.1. The Hall–Kier alpha value is -3.21. The minimum Gasteiger partial charge on any atom is -0.345 e. The molecule has 29 heavy (non-hydrogen) atoms. The van der Waals surface area contributed by atoms with Crippen molar-refractivity contribution in [2.75, 3.05) is 6.54 Å². The largest absolute Gasteiger partial charge is 0.345 e. The predicted molar refractivity (Wildman–Crippen MR) is 110 cm³/mol. The highest BCUT2D eigenvalue weighted by molar-refractivity contribution is 6.05. The Morgan fingerprint density at radius 1 is 0.862 bits per heavy atom. The average Bonchev–Trinajstić information content (AvgIpc) is 3.02. The average molecular weight is 388 g/mol. The van der Waals surface area contributed by atoms with Crippen LogP contribution in [0.15, 0.2) is 72.8 Å². The molecule has 5 nitrogen and oxygen atoms in total. The van der Waals surface area contributed by atoms with Gasteiger partial charge in [0.2, 0.25) is 17.7 Å². The van der Waals surface area contributed by atoms with E-state index in [2.05, 4.69) is 5.32 Å². The molecule has 2 unspecified atom stereocenters. The molecule has 0 bridgehead atoms. The number of allylic oxidation sites excluding steroid dienone is 2. The van der Waals surface area contributed by atoms with Crippen molar-refractivity contribution in [2.45, 2.75) is 25.3 Å². The Morgan fingerprint density at radius 3 is 1.83 bits per heavy atom. The second kappa shape index (κ2) is 8.43. The molecule has 4 rings (SSSR count). The number of likely N-dealkylation sites (tertiary alicyclic amines) is 1. The summed E-state index contributed by atoms with van der Waals surface area (Å²) in [6.07, 6.45) is 5.25. The van der Waals surface area contributed by atoms with E-state index in [-0.39, 0.29) is 48.6 Å². The lowest BCUT2D eigenvalue weighted by Gasteiger charge is -2.21. The van der Waals surface area contributed by atoms with Gasteiger partial charge in [0.05, 0.1) is 17.9 Å². The number of benzene rings is 2. The summed E-state index contributed by atoms with van der Waals surface area (Å²) in [6.45, 7) is 0.132. The zero-order chi connectivity index (χ0) is 20.2. The maximum Gasteiger partial charge on any atom is 0.233 e. The van der Waals surface area contributed by atoms with E-state index in [9.17, 15) is 14.4 Å². The van der Waals surface area contributed by atoms with Crippen molar-refractivity contribution in [1.29, 1.82) is 0 Å². The molecule has 1 heterocycles. The van der Waals surface area contributed by atoms with Crippen LogP contribution in [0.5, 0.6) is 0 Å². The lowest BCUT2D eigenvalue weighted by Crippen LogP contribution is -2.36. The van der Waals surface area contributed by atoms with Gasteiger partial charge < -0.3 is 5.32 Å². The molecule has 1 fully saturated rings. The van der Waals surface area contributed by atoms with Crippen molar-refractivity contribution in [3.05, 3.63) is 83.9 Å². The molecular formula is C24H24N2O3. The van der Waals surface area contributed by atoms with Crippen LogP contribution in [0, 0.1) is 11.8 Å². The van der Waals surface area contributed by atoms with E-state index in [0.29, 0.717) is 12.8 Å². The Morgan fingerprint density at radius 2 is 1.34 bits per heavy atom. The van der Waals surface area contributed by atoms with E-state index in [0.717, 1.165) is 11.1 Å². The van der Waals surface area contributed by atoms with Crippen molar-refractivity contribution in [2.24, 2.45) is 11.8 Å². The fourth-order valence-corrected chi connectivity index (χ4v) is 4.19. The van der Waals surface area contributed by atoms with E-state index < -0.39 is 0 Å². The Balaban J connectivity index is 1.43. The highest BCUT2D eigenvalue weighted by atomic mass is 16.2. The highest BCUT2D eigenvalue weighted by Gasteiger charge is 2.46. The number of carbonyl (C=O) groups excluding carboxylic acids is 3. The van der Waals surface area contributed by atoms with Crippen molar-refractivity contribution in [3.8, 4) is 0 Å². The predicted octanol–water partition coefficient (Wildman–Crippen LogP) is 3.23. The molecule has 2 aromatic rings. The first-order valence-electron chi connectivity index (χ1n) is 10.0. The molecule has 0 spiro atoms. The minimum atomic E-state index is -0.276. The van der Waals surface area contributed by atoms with Gasteiger partial charge in [0.1, 0.15) is 0 Å². The van der Waals surface area contributed by atoms with Crippen LogP contribution >= 0.6 is 0 Å². The highest BCUT2D eigenvalue weighted by Crippen LogP contribution is 2.35. The summed E-state index contributed by atoms with van der Waals surface area (Å²) in [5, 5.41) is 3.07. The molecule has 0 radical (unpaired) electrons. The van der Waals surface area contributed by atoms with E-state index in [1.54, 1.807) is 0 Å². The zero-order valence-electron chi connectivity index (χ0n) is 16.2. The third kappa shape index (κ3) is 3.99. The summed E-state index contributed by atoms with van der Waals surface area (Å²) < 4.78 is 0. The van der Waals surface area contributed by atoms with Gasteiger partial charge in [0.15, 0.2) is 0 Å². The summed E-state index contributed by atoms with van der Waals surface area (Å²) in [5.41, 5.74) is 1.97. The van der Waals surface area contributed by atoms with Gasteiger partial charge in [-0.3, -0.25) is 19.3 Å². The molecule has 2 aliphatic rings. The molecule has 1 aliphatic carbocycles. The summed E-state index contributed by atoms with van der Waals surface area (Å²) in [7, 11) is 0. The normalized spacial score (nSPS) is 20.8. The lowest BCUT2D eigenvalue weighted by atomic mass is 9.85. The smallest absolute Gasteiger partial charge is 0.233 e. The van der Waals surface area contributed by atoms with Gasteiger partial charge >= 0.3 is 0 Å². The number of nitrogens with zero attached hydrogens (tertiary/aromatic N) is 1. The molecule has 0 aromatic heterocycles. The van der Waals surface area contributed by atoms with E-state index in [1.807, 2.05) is 72.8 Å². The van der Waals surface area contributed by atoms with Gasteiger partial charge in [-0.15, -0.1) is 0 Å². The first-order chi connectivity index (χ1) is 14.1. The van der Waals surface area contributed by atoms with Crippen LogP contribution in [-0.2, 0) is 14.4 Å². The maximum absolute atomic E-state index is 12.7. The van der Waals surface area contributed by atoms with Crippen LogP contribution in [0.25, 0.3) is 0 Å². The van der Waals surface area contributed by atoms with Crippen LogP contribution in [-0.4, -0.2) is 29.2 Å². The van der Waals surface area contributed by atoms with Gasteiger partial charge in [-0.05, 0) is 24.0 Å². The molecule has 5 heteroatoms. The monoisotopic (exact) mass is 388 g/mol. The summed E-state index contributed by atoms with van der Waals surface area (Å²) in [6, 6.07) is 19.3. The van der Waals surface area contributed by atoms with Crippen LogP contribution < -0.4 is 5.32 Å². The molecule has 2 aromatic carbocycles. The third-order valence-corrected chi connectivity index (χ3v) is 5.73. The molecule has 3 amide bonds. The fraction of sp³-hybridized carbons (Fsp3) is 0.292. The molecule has 1 aliphatic heterocycles. The van der Waals surface area contributed by atoms with Crippen LogP contribution in [0.2, 0.25) is 0 Å². The lowest BCUT2D eigenvalue weighted by molar-refractivity contribution is -0.140. The van der Waals surface area contributed by atoms with Crippen molar-refractivity contribution in [3.63, 3.8) is 0 Å². The number of hydrogen-bond acceptors (Lipinski definition) is 3. The van der Waals surface area contributed by atoms with Gasteiger partial charge in [0.25, 0.3) is 0 Å². The summed E-state index contributed by atoms with van der Waals surface area (Å²) in [5.74, 6) is -0.968. The first-order valence-corrected chi connectivity index (χ1v) is 10.0. The standard InChI is InChI=1S/C24H24N2O3/c27-21(15-16-26-23(28)19-13-7-8-14-20(19)24(26)29)25-22(17-9-3-1-4-10-17)18-11-5-2-6-12-18/h1-12,19-20,22H,13-16H2,(H,25,27). The molecule has 2 atom stereocenters. The van der Waals surface area contributed by atoms with Crippen molar-refractivity contribution in [1.82, 2.24) is 10.2 Å². The Bertz CT molecular complexity index is 858. The number of hydrogen-bond donors (Lipinski definition) is 1. The third-order valence-electron chi connectivity index (χ3n) is 5.73. The van der Waals surface area contributed by atoms with Crippen molar-refractivity contribution < 1.29 is 14.4 Å². The molecule has 1 N–H and O–H groups in total.